The van der Waals surface area contributed by atoms with E-state index in [0.717, 1.165) is 5.69 Å². The summed E-state index contributed by atoms with van der Waals surface area (Å²) < 4.78 is 0. The van der Waals surface area contributed by atoms with E-state index in [2.05, 4.69) is 114 Å². The fraction of sp³-hybridized carbons (Fsp3) is 0.210. The third-order valence-corrected chi connectivity index (χ3v) is 13.7. The number of hydrogen-bond acceptors (Lipinski definition) is 28. The summed E-state index contributed by atoms with van der Waals surface area (Å²) in [7, 11) is 1.86. The number of anilines is 7. The van der Waals surface area contributed by atoms with Crippen molar-refractivity contribution in [1.82, 2.24) is 75.8 Å². The topological polar surface area (TPSA) is 556 Å². The van der Waals surface area contributed by atoms with E-state index < -0.39 is 70.5 Å². The maximum atomic E-state index is 12.5. The van der Waals surface area contributed by atoms with Crippen molar-refractivity contribution in [1.29, 1.82) is 0 Å². The van der Waals surface area contributed by atoms with Crippen molar-refractivity contribution < 1.29 is 180 Å². The molecule has 103 heavy (non-hydrogen) atoms. The second kappa shape index (κ2) is 43.7. The first-order chi connectivity index (χ1) is 46.1. The van der Waals surface area contributed by atoms with E-state index >= 15 is 0 Å². The minimum atomic E-state index is -1.31. The first-order valence-electron chi connectivity index (χ1n) is 28.9. The van der Waals surface area contributed by atoms with Crippen molar-refractivity contribution in [2.75, 3.05) is 45.5 Å². The Balaban J connectivity index is 0.000000751. The molecule has 0 aliphatic carbocycles. The second-order valence-corrected chi connectivity index (χ2v) is 21.2. The molecule has 0 fully saturated rings. The van der Waals surface area contributed by atoms with E-state index in [-0.39, 0.29) is 241 Å². The molecular formula is C62H64N22O13W6-4. The van der Waals surface area contributed by atoms with Crippen molar-refractivity contribution in [3.05, 3.63) is 174 Å². The van der Waals surface area contributed by atoms with Crippen LogP contribution >= 0.6 is 0 Å². The Hall–Kier alpha value is -9.24. The first-order valence-corrected chi connectivity index (χ1v) is 28.9. The molecule has 0 spiro atoms. The molecule has 0 bridgehead atoms. The molecule has 17 N–H and O–H groups in total. The fourth-order valence-electron chi connectivity index (χ4n) is 8.72. The quantitative estimate of drug-likeness (QED) is 0.0324. The number of ketones is 4. The molecule has 3 aromatic carbocycles. The van der Waals surface area contributed by atoms with Gasteiger partial charge < -0.3 is 112 Å². The van der Waals surface area contributed by atoms with Gasteiger partial charge in [-0.25, -0.2) is 34.7 Å². The number of hydrogen-bond donors (Lipinski definition) is 13. The van der Waals surface area contributed by atoms with Gasteiger partial charge in [0.1, 0.15) is 6.04 Å². The van der Waals surface area contributed by atoms with Gasteiger partial charge in [-0.2, -0.15) is 19.9 Å². The van der Waals surface area contributed by atoms with E-state index in [9.17, 15) is 52.7 Å². The van der Waals surface area contributed by atoms with E-state index in [1.165, 1.54) is 24.5 Å². The molecule has 3 atom stereocenters. The summed E-state index contributed by atoms with van der Waals surface area (Å²) in [5, 5.41) is 31.5. The van der Waals surface area contributed by atoms with Crippen LogP contribution in [0.1, 0.15) is 86.7 Å². The van der Waals surface area contributed by atoms with Crippen LogP contribution in [0.3, 0.4) is 0 Å². The molecule has 0 saturated heterocycles. The zero-order valence-corrected chi connectivity index (χ0v) is 71.7. The SMILES string of the molecule is Nc1nc2ncc(CNc3ccc(C(=O)NC(CCC(=O)O)C(=O)O)cc3)nc2c(=O)[nH]1.[CH2-]C(=O)CCC(NC(=O)c1ccc(N(C)Cc2cnc3nc(N)nc(N)c3n2)cc1)C([CH2-])=O.[CH2-]C(=O)CCC(NC(=O)c1ccc(NCc2cnc3nc(N)[nH]c(=O)c3n2)cc1)C([CH2-])=O.[W].[W].[W].[W].[W].[W]. The molecular weight excluding hydrogens is 2360 g/mol. The Morgan fingerprint density at radius 1 is 0.476 bits per heavy atom. The van der Waals surface area contributed by atoms with Crippen LogP contribution in [0.2, 0.25) is 0 Å². The van der Waals surface area contributed by atoms with Gasteiger partial charge >= 0.3 is 11.9 Å². The Morgan fingerprint density at radius 2 is 0.835 bits per heavy atom. The molecule has 41 heteroatoms. The van der Waals surface area contributed by atoms with Gasteiger partial charge in [0.2, 0.25) is 17.8 Å². The predicted octanol–water partition coefficient (Wildman–Crippen LogP) is 1.44. The third-order valence-electron chi connectivity index (χ3n) is 13.7. The van der Waals surface area contributed by atoms with Crippen LogP contribution in [-0.4, -0.2) is 148 Å². The van der Waals surface area contributed by atoms with Crippen molar-refractivity contribution in [3.63, 3.8) is 0 Å². The van der Waals surface area contributed by atoms with E-state index in [1.807, 2.05) is 11.9 Å². The summed E-state index contributed by atoms with van der Waals surface area (Å²) in [5.74, 6) is -5.46. The Labute approximate surface area is 671 Å². The van der Waals surface area contributed by atoms with Crippen molar-refractivity contribution >= 4 is 127 Å². The van der Waals surface area contributed by atoms with Crippen LogP contribution in [-0.2, 0) is 175 Å². The average Bonchev–Trinajstić information content (AvgIpc) is 0.819. The average molecular weight is 2430 g/mol. The molecule has 6 aromatic heterocycles. The van der Waals surface area contributed by atoms with Crippen molar-refractivity contribution in [2.45, 2.75) is 76.3 Å². The second-order valence-electron chi connectivity index (χ2n) is 21.2. The van der Waals surface area contributed by atoms with Gasteiger partial charge in [0, 0.05) is 185 Å². The summed E-state index contributed by atoms with van der Waals surface area (Å²) >= 11 is 0. The number of nitrogens with two attached hydrogens (primary N) is 4. The molecule has 35 nitrogen and oxygen atoms in total. The monoisotopic (exact) mass is 2430 g/mol. The van der Waals surface area contributed by atoms with Gasteiger partial charge in [-0.05, 0) is 116 Å². The number of nitrogen functional groups attached to an aromatic ring is 4. The number of rotatable bonds is 27. The van der Waals surface area contributed by atoms with E-state index in [1.54, 1.807) is 66.9 Å². The first kappa shape index (κ1) is 91.8. The van der Waals surface area contributed by atoms with Gasteiger partial charge in [-0.3, -0.25) is 38.7 Å². The van der Waals surface area contributed by atoms with Gasteiger partial charge in [0.25, 0.3) is 28.8 Å². The van der Waals surface area contributed by atoms with Crippen molar-refractivity contribution in [2.24, 2.45) is 0 Å². The van der Waals surface area contributed by atoms with Crippen LogP contribution in [0.15, 0.2) is 101 Å². The standard InChI is InChI=1S/C22H24N8O3.C21H21N7O4.C19H19N7O6.6W/c1-12(31)4-9-17(13(2)32)27-21(33)14-5-7-16(8-6-14)30(3)11-15-10-25-20-18(26-15)19(23)28-22(24)29-20;1-11(29)3-8-16(12(2)30)26-19(31)13-4-6-14(7-5-13)23-9-15-10-24-18-17(25-15)20(32)28-21(22)27-18;20-19-25-15-14(17(30)26-19)23-11(8-22-15)7-21-10-3-1-9(2-4-10)16(29)24-12(18(31)32)5-6-13(27)28;;;;;;/h5-8,10,17H,1-2,4,9,11H2,3H3,(H,27,33)(H4,23,24,25,28,29);4-7,10,16,23H,1-3,8-9H2,(H,26,31)(H3,22,24,27,28,32);1-4,8,12,21H,5-7H2,(H,24,29)(H,27,28)(H,31,32)(H3,20,22,25,26,30);;;;;;/q2*-2;;;;;;;. The number of Topliss-reactive ketones (excluding diaryl/α,β-unsaturated/α-hetero) is 4. The molecule has 6 heterocycles. The molecule has 0 aliphatic rings. The molecule has 0 aliphatic heterocycles. The number of aromatic amines is 2. The Morgan fingerprint density at radius 3 is 1.21 bits per heavy atom. The number of carboxylic acid groups (broad SMARTS) is 2. The number of carbonyl (C=O) groups is 9. The number of carbonyl (C=O) groups excluding carboxylic acids is 7. The van der Waals surface area contributed by atoms with E-state index in [4.69, 9.17) is 33.1 Å². The number of nitrogens with zero attached hydrogens (tertiary/aromatic N) is 11. The molecule has 3 amide bonds. The zero-order valence-electron chi connectivity index (χ0n) is 54.1. The molecule has 0 saturated carbocycles. The molecule has 9 rings (SSSR count). The summed E-state index contributed by atoms with van der Waals surface area (Å²) in [4.78, 5) is 176. The van der Waals surface area contributed by atoms with Crippen LogP contribution in [0.25, 0.3) is 33.5 Å². The minimum absolute atomic E-state index is 0. The largest absolute Gasteiger partial charge is 0.481 e. The summed E-state index contributed by atoms with van der Waals surface area (Å²) in [5.41, 5.74) is 27.2. The number of H-pyrrole nitrogens is 2. The number of carboxylic acids is 2. The van der Waals surface area contributed by atoms with Crippen LogP contribution in [0.4, 0.5) is 40.7 Å². The van der Waals surface area contributed by atoms with Crippen LogP contribution in [0, 0.1) is 27.7 Å². The number of benzene rings is 3. The zero-order chi connectivity index (χ0) is 70.6. The minimum Gasteiger partial charge on any atom is -0.481 e. The number of aromatic nitrogens is 12. The van der Waals surface area contributed by atoms with Crippen LogP contribution < -0.4 is 65.5 Å². The van der Waals surface area contributed by atoms with Gasteiger partial charge in [-0.15, -0.1) is 0 Å². The number of amides is 3. The molecule has 3 unspecified atom stereocenters. The van der Waals surface area contributed by atoms with E-state index in [0.29, 0.717) is 57.3 Å². The normalized spacial score (nSPS) is 11.0. The fourth-order valence-corrected chi connectivity index (χ4v) is 8.72. The molecule has 9 aromatic rings. The van der Waals surface area contributed by atoms with Gasteiger partial charge in [0.05, 0.1) is 67.4 Å². The Bertz CT molecular complexity index is 4390. The third kappa shape index (κ3) is 28.1. The van der Waals surface area contributed by atoms with Gasteiger partial charge in [-0.1, -0.05) is 0 Å². The smallest absolute Gasteiger partial charge is 0.326 e. The Kier molecular flexibility index (Phi) is 38.9. The number of aliphatic carboxylic acids is 2. The maximum Gasteiger partial charge on any atom is 0.326 e. The predicted molar refractivity (Wildman–Crippen MR) is 353 cm³/mol. The number of fused-ring (bicyclic) bond motifs is 3. The van der Waals surface area contributed by atoms with Crippen molar-refractivity contribution in [3.8, 4) is 0 Å². The number of nitrogens with one attached hydrogen (secondary N) is 7. The summed E-state index contributed by atoms with van der Waals surface area (Å²) in [6.07, 6.45) is 4.36. The summed E-state index contributed by atoms with van der Waals surface area (Å²) in [6.45, 7) is 14.1. The van der Waals surface area contributed by atoms with Crippen LogP contribution in [0.5, 0.6) is 0 Å². The maximum absolute atomic E-state index is 12.5. The summed E-state index contributed by atoms with van der Waals surface area (Å²) in [6, 6.07) is 16.5. The molecule has 540 valence electrons. The molecule has 0 radical (unpaired) electrons. The van der Waals surface area contributed by atoms with Gasteiger partial charge in [0.15, 0.2) is 39.3 Å².